The molecule has 2 aromatic carbocycles. The van der Waals surface area contributed by atoms with Gasteiger partial charge >= 0.3 is 0 Å². The van der Waals surface area contributed by atoms with Crippen LogP contribution in [0, 0.1) is 11.8 Å². The molecule has 2 nitrogen and oxygen atoms in total. The Morgan fingerprint density at radius 2 is 0.588 bits per heavy atom. The third-order valence-corrected chi connectivity index (χ3v) is 14.4. The van der Waals surface area contributed by atoms with Crippen LogP contribution in [0.15, 0.2) is 58.5 Å². The third-order valence-electron chi connectivity index (χ3n) is 14.4. The van der Waals surface area contributed by atoms with Gasteiger partial charge in [0.2, 0.25) is 0 Å². The molecule has 2 rings (SSSR count). The lowest BCUT2D eigenvalue weighted by Gasteiger charge is -2.09. The van der Waals surface area contributed by atoms with Gasteiger partial charge in [-0.25, -0.2) is 4.99 Å². The first-order chi connectivity index (χ1) is 33.7. The van der Waals surface area contributed by atoms with Crippen LogP contribution in [-0.2, 0) is 12.8 Å². The summed E-state index contributed by atoms with van der Waals surface area (Å²) in [4.78, 5) is 10.7. The number of hydrogen-bond donors (Lipinski definition) is 0. The van der Waals surface area contributed by atoms with Gasteiger partial charge in [0.25, 0.3) is 0 Å². The zero-order chi connectivity index (χ0) is 48.5. The van der Waals surface area contributed by atoms with Crippen molar-refractivity contribution in [3.05, 3.63) is 59.7 Å². The molecule has 0 aromatic heterocycles. The van der Waals surface area contributed by atoms with Gasteiger partial charge in [-0.2, -0.15) is 0 Å². The largest absolute Gasteiger partial charge is 0.251 e. The normalized spacial score (nSPS) is 11.9. The smallest absolute Gasteiger partial charge is 0.135 e. The molecule has 2 aromatic rings. The van der Waals surface area contributed by atoms with Crippen molar-refractivity contribution in [3.8, 4) is 11.8 Å². The highest BCUT2D eigenvalue weighted by molar-refractivity contribution is 6.49. The fourth-order valence-corrected chi connectivity index (χ4v) is 9.76. The van der Waals surface area contributed by atoms with Crippen molar-refractivity contribution >= 4 is 22.8 Å². The third kappa shape index (κ3) is 37.2. The maximum absolute atomic E-state index is 5.36. The average Bonchev–Trinajstić information content (AvgIpc) is 3.36. The molecule has 0 saturated carbocycles. The Morgan fingerprint density at radius 3 is 0.926 bits per heavy atom. The monoisotopic (exact) mass is 933 g/mol. The van der Waals surface area contributed by atoms with Crippen LogP contribution >= 0.6 is 0 Å². The van der Waals surface area contributed by atoms with Gasteiger partial charge in [-0.15, -0.1) is 0 Å². The Morgan fingerprint density at radius 1 is 0.309 bits per heavy atom. The minimum Gasteiger partial charge on any atom is -0.251 e. The van der Waals surface area contributed by atoms with Crippen LogP contribution in [0.25, 0.3) is 0 Å². The molecule has 0 amide bonds. The van der Waals surface area contributed by atoms with Gasteiger partial charge < -0.3 is 0 Å². The van der Waals surface area contributed by atoms with Crippen LogP contribution in [0.1, 0.15) is 321 Å². The number of rotatable bonds is 48. The minimum absolute atomic E-state index is 0.876. The zero-order valence-corrected chi connectivity index (χ0v) is 46.0. The molecule has 386 valence electrons. The van der Waals surface area contributed by atoms with E-state index in [9.17, 15) is 0 Å². The van der Waals surface area contributed by atoms with Gasteiger partial charge in [0, 0.05) is 6.42 Å². The van der Waals surface area contributed by atoms with Crippen molar-refractivity contribution in [2.75, 3.05) is 0 Å². The predicted octanol–water partition coefficient (Wildman–Crippen LogP) is 22.9. The molecule has 0 aliphatic rings. The van der Waals surface area contributed by atoms with Gasteiger partial charge in [0.15, 0.2) is 0 Å². The lowest BCUT2D eigenvalue weighted by Crippen LogP contribution is -2.12. The summed E-state index contributed by atoms with van der Waals surface area (Å²) in [6.45, 7) is 9.21. The molecular weight excluding hydrogens is 821 g/mol. The fraction of sp³-hybridized carbons (Fsp3) is 0.758. The Balaban J connectivity index is 1.96. The van der Waals surface area contributed by atoms with E-state index in [0.717, 1.165) is 48.5 Å². The van der Waals surface area contributed by atoms with E-state index in [0.29, 0.717) is 0 Å². The second-order valence-electron chi connectivity index (χ2n) is 21.1. The molecule has 0 unspecified atom stereocenters. The van der Waals surface area contributed by atoms with Gasteiger partial charge in [-0.3, -0.25) is 4.99 Å². The maximum Gasteiger partial charge on any atom is 0.135 e. The summed E-state index contributed by atoms with van der Waals surface area (Å²) in [5.41, 5.74) is 6.85. The first-order valence-electron chi connectivity index (χ1n) is 30.5. The first kappa shape index (κ1) is 61.5. The van der Waals surface area contributed by atoms with E-state index < -0.39 is 0 Å². The topological polar surface area (TPSA) is 24.7 Å². The van der Waals surface area contributed by atoms with Gasteiger partial charge in [-0.1, -0.05) is 302 Å². The summed E-state index contributed by atoms with van der Waals surface area (Å²) < 4.78 is 0. The molecule has 0 aliphatic carbocycles. The van der Waals surface area contributed by atoms with Gasteiger partial charge in [0.1, 0.15) is 5.71 Å². The highest BCUT2D eigenvalue weighted by atomic mass is 14.8. The van der Waals surface area contributed by atoms with Crippen molar-refractivity contribution in [1.29, 1.82) is 0 Å². The van der Waals surface area contributed by atoms with Crippen molar-refractivity contribution in [3.63, 3.8) is 0 Å². The number of benzene rings is 2. The first-order valence-corrected chi connectivity index (χ1v) is 30.5. The number of nitrogens with zero attached hydrogens (tertiary/aromatic N) is 2. The summed E-state index contributed by atoms with van der Waals surface area (Å²) in [5, 5.41) is 0. The maximum atomic E-state index is 5.36. The summed E-state index contributed by atoms with van der Waals surface area (Å²) in [5.74, 6) is 7.18. The zero-order valence-electron chi connectivity index (χ0n) is 46.0. The Bertz CT molecular complexity index is 1490. The number of unbranched alkanes of at least 4 members (excludes halogenated alkanes) is 39. The van der Waals surface area contributed by atoms with Crippen molar-refractivity contribution in [2.24, 2.45) is 9.98 Å². The Kier molecular flexibility index (Phi) is 43.4. The lowest BCUT2D eigenvalue weighted by molar-refractivity contribution is 0.532. The Labute approximate surface area is 425 Å². The molecule has 0 heterocycles. The standard InChI is InChI=1S/C66H112N2/c1-5-9-13-17-21-24-26-28-30-32-34-36-38-41-45-49-61-53-57-63(58-54-61)67-65(51-47-43-20-16-12-8-4)66(52-48-44-40-23-19-15-11-7-3)68-64-59-55-62(56-60-64)50-46-42-39-37-35-33-31-29-27-25-22-18-14-10-6-2/h53-60H,5-47,49-51H2,1-4H3. The van der Waals surface area contributed by atoms with Gasteiger partial charge in [-0.05, 0) is 86.3 Å². The molecule has 2 heteroatoms. The summed E-state index contributed by atoms with van der Waals surface area (Å²) in [6.07, 6.45) is 61.9. The number of aryl methyl sites for hydroxylation is 2. The second kappa shape index (κ2) is 48.0. The van der Waals surface area contributed by atoms with Crippen LogP contribution in [-0.4, -0.2) is 11.4 Å². The summed E-state index contributed by atoms with van der Waals surface area (Å²) in [7, 11) is 0. The van der Waals surface area contributed by atoms with Crippen molar-refractivity contribution in [1.82, 2.24) is 0 Å². The van der Waals surface area contributed by atoms with Crippen LogP contribution in [0.4, 0.5) is 11.4 Å². The molecule has 68 heavy (non-hydrogen) atoms. The van der Waals surface area contributed by atoms with E-state index in [4.69, 9.17) is 9.98 Å². The van der Waals surface area contributed by atoms with E-state index in [1.807, 2.05) is 0 Å². The molecule has 0 radical (unpaired) electrons. The van der Waals surface area contributed by atoms with E-state index in [1.54, 1.807) is 0 Å². The van der Waals surface area contributed by atoms with Crippen LogP contribution in [0.2, 0.25) is 0 Å². The molecule has 0 aliphatic heterocycles. The van der Waals surface area contributed by atoms with Crippen LogP contribution in [0.5, 0.6) is 0 Å². The molecule has 0 bridgehead atoms. The summed E-state index contributed by atoms with van der Waals surface area (Å²) >= 11 is 0. The minimum atomic E-state index is 0.876. The van der Waals surface area contributed by atoms with Gasteiger partial charge in [0.05, 0.1) is 17.1 Å². The van der Waals surface area contributed by atoms with Crippen LogP contribution < -0.4 is 0 Å². The lowest BCUT2D eigenvalue weighted by atomic mass is 10.0. The van der Waals surface area contributed by atoms with Crippen molar-refractivity contribution in [2.45, 2.75) is 323 Å². The predicted molar refractivity (Wildman–Crippen MR) is 308 cm³/mol. The molecular formula is C66H112N2. The molecule has 0 N–H and O–H groups in total. The Hall–Kier alpha value is -2.66. The van der Waals surface area contributed by atoms with Crippen molar-refractivity contribution < 1.29 is 0 Å². The van der Waals surface area contributed by atoms with E-state index in [-0.39, 0.29) is 0 Å². The molecule has 0 atom stereocenters. The fourth-order valence-electron chi connectivity index (χ4n) is 9.76. The summed E-state index contributed by atoms with van der Waals surface area (Å²) in [6, 6.07) is 18.2. The SMILES string of the molecule is CCCCCCCCC#CC(=Nc1ccc(CCCCCCCCCCCCCCCCC)cc1)C(CCCCCCCC)=Nc1ccc(CCCCCCCCCCCCCCCCC)cc1. The highest BCUT2D eigenvalue weighted by Crippen LogP contribution is 2.22. The average molecular weight is 934 g/mol. The quantitative estimate of drug-likeness (QED) is 0.0359. The molecule has 0 saturated heterocycles. The second-order valence-corrected chi connectivity index (χ2v) is 21.1. The van der Waals surface area contributed by atoms with Crippen LogP contribution in [0.3, 0.4) is 0 Å². The van der Waals surface area contributed by atoms with E-state index >= 15 is 0 Å². The highest BCUT2D eigenvalue weighted by Gasteiger charge is 2.10. The molecule has 0 fully saturated rings. The number of aliphatic imine (C=N–C) groups is 2. The van der Waals surface area contributed by atoms with E-state index in [2.05, 4.69) is 88.1 Å². The number of hydrogen-bond acceptors (Lipinski definition) is 2. The molecule has 0 spiro atoms. The van der Waals surface area contributed by atoms with E-state index in [1.165, 1.54) is 281 Å².